The Labute approximate surface area is 70.8 Å². The number of hydrogen-bond donors (Lipinski definition) is 1. The summed E-state index contributed by atoms with van der Waals surface area (Å²) in [6, 6.07) is -0.0208. The van der Waals surface area contributed by atoms with Gasteiger partial charge < -0.3 is 5.32 Å². The third kappa shape index (κ3) is 1.15. The first kappa shape index (κ1) is 7.53. The standard InChI is InChI=1S/C9H11NO2/c11-8-5-9(12)10-7-4-2-1-3-6(7)8/h2,4,6-7H,1,3,5H2,(H,10,12). The number of ketones is 1. The highest BCUT2D eigenvalue weighted by atomic mass is 16.2. The van der Waals surface area contributed by atoms with Gasteiger partial charge in [0.2, 0.25) is 5.91 Å². The molecule has 2 rings (SSSR count). The topological polar surface area (TPSA) is 46.2 Å². The van der Waals surface area contributed by atoms with E-state index in [-0.39, 0.29) is 30.1 Å². The summed E-state index contributed by atoms with van der Waals surface area (Å²) in [6.07, 6.45) is 5.89. The maximum Gasteiger partial charge on any atom is 0.227 e. The van der Waals surface area contributed by atoms with Gasteiger partial charge in [0, 0.05) is 5.92 Å². The third-order valence-corrected chi connectivity index (χ3v) is 2.50. The van der Waals surface area contributed by atoms with Crippen LogP contribution in [0.2, 0.25) is 0 Å². The molecule has 12 heavy (non-hydrogen) atoms. The zero-order chi connectivity index (χ0) is 8.55. The lowest BCUT2D eigenvalue weighted by Crippen LogP contribution is -2.49. The molecule has 0 saturated carbocycles. The van der Waals surface area contributed by atoms with Crippen molar-refractivity contribution >= 4 is 11.7 Å². The largest absolute Gasteiger partial charge is 0.349 e. The van der Waals surface area contributed by atoms with Crippen molar-refractivity contribution in [3.63, 3.8) is 0 Å². The highest BCUT2D eigenvalue weighted by molar-refractivity contribution is 6.02. The van der Waals surface area contributed by atoms with E-state index in [1.807, 2.05) is 12.2 Å². The molecular weight excluding hydrogens is 154 g/mol. The van der Waals surface area contributed by atoms with Crippen molar-refractivity contribution < 1.29 is 9.59 Å². The molecule has 64 valence electrons. The Balaban J connectivity index is 2.20. The molecule has 0 aromatic heterocycles. The van der Waals surface area contributed by atoms with Gasteiger partial charge in [0.25, 0.3) is 0 Å². The summed E-state index contributed by atoms with van der Waals surface area (Å²) in [6.45, 7) is 0. The van der Waals surface area contributed by atoms with Crippen LogP contribution in [-0.2, 0) is 9.59 Å². The normalized spacial score (nSPS) is 34.3. The maximum absolute atomic E-state index is 11.3. The molecule has 1 aliphatic heterocycles. The lowest BCUT2D eigenvalue weighted by molar-refractivity contribution is -0.135. The quantitative estimate of drug-likeness (QED) is 0.417. The first-order valence-corrected chi connectivity index (χ1v) is 4.26. The van der Waals surface area contributed by atoms with Gasteiger partial charge >= 0.3 is 0 Å². The number of carbonyl (C=O) groups is 2. The van der Waals surface area contributed by atoms with Crippen molar-refractivity contribution in [2.24, 2.45) is 5.92 Å². The lowest BCUT2D eigenvalue weighted by Gasteiger charge is -2.31. The number of Topliss-reactive ketones (excluding diaryl/α,β-unsaturated/α-hetero) is 1. The van der Waals surface area contributed by atoms with Gasteiger partial charge in [-0.25, -0.2) is 0 Å². The zero-order valence-electron chi connectivity index (χ0n) is 6.75. The van der Waals surface area contributed by atoms with E-state index in [1.165, 1.54) is 0 Å². The summed E-state index contributed by atoms with van der Waals surface area (Å²) >= 11 is 0. The van der Waals surface area contributed by atoms with Crippen LogP contribution in [0.4, 0.5) is 0 Å². The van der Waals surface area contributed by atoms with Gasteiger partial charge in [-0.1, -0.05) is 12.2 Å². The molecule has 0 aromatic rings. The SMILES string of the molecule is O=C1CC(=O)C2CCC=CC2N1. The van der Waals surface area contributed by atoms with Crippen LogP contribution in [-0.4, -0.2) is 17.7 Å². The van der Waals surface area contributed by atoms with Crippen molar-refractivity contribution in [1.82, 2.24) is 5.32 Å². The Bertz CT molecular complexity index is 257. The van der Waals surface area contributed by atoms with Gasteiger partial charge in [0.15, 0.2) is 0 Å². The zero-order valence-corrected chi connectivity index (χ0v) is 6.75. The maximum atomic E-state index is 11.3. The van der Waals surface area contributed by atoms with E-state index in [4.69, 9.17) is 0 Å². The molecule has 1 N–H and O–H groups in total. The summed E-state index contributed by atoms with van der Waals surface area (Å²) in [4.78, 5) is 22.3. The third-order valence-electron chi connectivity index (χ3n) is 2.50. The molecule has 0 bridgehead atoms. The van der Waals surface area contributed by atoms with Crippen LogP contribution in [0.15, 0.2) is 12.2 Å². The minimum atomic E-state index is -0.132. The van der Waals surface area contributed by atoms with E-state index in [0.717, 1.165) is 12.8 Å². The smallest absolute Gasteiger partial charge is 0.227 e. The van der Waals surface area contributed by atoms with Gasteiger partial charge in [-0.05, 0) is 12.8 Å². The number of nitrogens with one attached hydrogen (secondary N) is 1. The first-order chi connectivity index (χ1) is 5.77. The second kappa shape index (κ2) is 2.73. The fourth-order valence-electron chi connectivity index (χ4n) is 1.87. The molecule has 3 heteroatoms. The molecule has 1 aliphatic carbocycles. The van der Waals surface area contributed by atoms with Crippen LogP contribution in [0.5, 0.6) is 0 Å². The number of rotatable bonds is 0. The lowest BCUT2D eigenvalue weighted by atomic mass is 9.82. The monoisotopic (exact) mass is 165 g/mol. The predicted molar refractivity (Wildman–Crippen MR) is 43.4 cm³/mol. The molecule has 2 aliphatic rings. The highest BCUT2D eigenvalue weighted by Gasteiger charge is 2.34. The first-order valence-electron chi connectivity index (χ1n) is 4.26. The van der Waals surface area contributed by atoms with Crippen LogP contribution < -0.4 is 5.32 Å². The van der Waals surface area contributed by atoms with Gasteiger partial charge in [0.1, 0.15) is 5.78 Å². The summed E-state index contributed by atoms with van der Waals surface area (Å²) in [5, 5.41) is 2.80. The predicted octanol–water partition coefficient (Wildman–Crippen LogP) is 0.410. The van der Waals surface area contributed by atoms with E-state index in [9.17, 15) is 9.59 Å². The Morgan fingerprint density at radius 3 is 3.08 bits per heavy atom. The average Bonchev–Trinajstić information content (AvgIpc) is 2.04. The summed E-state index contributed by atoms with van der Waals surface area (Å²) < 4.78 is 0. The minimum Gasteiger partial charge on any atom is -0.349 e. The van der Waals surface area contributed by atoms with E-state index in [0.29, 0.717) is 0 Å². The van der Waals surface area contributed by atoms with E-state index >= 15 is 0 Å². The number of amides is 1. The van der Waals surface area contributed by atoms with Crippen molar-refractivity contribution in [2.75, 3.05) is 0 Å². The Hall–Kier alpha value is -1.12. The summed E-state index contributed by atoms with van der Waals surface area (Å²) in [5.74, 6) is 0.0219. The van der Waals surface area contributed by atoms with Gasteiger partial charge in [-0.15, -0.1) is 0 Å². The molecule has 0 spiro atoms. The number of piperidine rings is 1. The molecular formula is C9H11NO2. The fraction of sp³-hybridized carbons (Fsp3) is 0.556. The number of carbonyl (C=O) groups excluding carboxylic acids is 2. The van der Waals surface area contributed by atoms with E-state index in [1.54, 1.807) is 0 Å². The van der Waals surface area contributed by atoms with Crippen molar-refractivity contribution in [2.45, 2.75) is 25.3 Å². The Morgan fingerprint density at radius 1 is 1.42 bits per heavy atom. The molecule has 1 amide bonds. The van der Waals surface area contributed by atoms with Crippen LogP contribution in [0, 0.1) is 5.92 Å². The Morgan fingerprint density at radius 2 is 2.25 bits per heavy atom. The van der Waals surface area contributed by atoms with Crippen molar-refractivity contribution in [3.05, 3.63) is 12.2 Å². The molecule has 1 fully saturated rings. The van der Waals surface area contributed by atoms with E-state index < -0.39 is 0 Å². The molecule has 0 radical (unpaired) electrons. The van der Waals surface area contributed by atoms with Crippen LogP contribution >= 0.6 is 0 Å². The highest BCUT2D eigenvalue weighted by Crippen LogP contribution is 2.23. The van der Waals surface area contributed by atoms with Gasteiger partial charge in [0.05, 0.1) is 12.5 Å². The van der Waals surface area contributed by atoms with Crippen LogP contribution in [0.25, 0.3) is 0 Å². The number of hydrogen-bond acceptors (Lipinski definition) is 2. The van der Waals surface area contributed by atoms with E-state index in [2.05, 4.69) is 5.32 Å². The minimum absolute atomic E-state index is 0.0208. The van der Waals surface area contributed by atoms with Crippen molar-refractivity contribution in [1.29, 1.82) is 0 Å². The molecule has 0 aromatic carbocycles. The molecule has 2 atom stereocenters. The second-order valence-electron chi connectivity index (χ2n) is 3.35. The fourth-order valence-corrected chi connectivity index (χ4v) is 1.87. The average molecular weight is 165 g/mol. The molecule has 3 nitrogen and oxygen atoms in total. The van der Waals surface area contributed by atoms with Crippen LogP contribution in [0.3, 0.4) is 0 Å². The molecule has 1 saturated heterocycles. The Kier molecular flexibility index (Phi) is 1.71. The molecule has 2 unspecified atom stereocenters. The second-order valence-corrected chi connectivity index (χ2v) is 3.35. The summed E-state index contributed by atoms with van der Waals surface area (Å²) in [5.41, 5.74) is 0. The number of allylic oxidation sites excluding steroid dienone is 1. The summed E-state index contributed by atoms with van der Waals surface area (Å²) in [7, 11) is 0. The molecule has 1 heterocycles. The van der Waals surface area contributed by atoms with Crippen LogP contribution in [0.1, 0.15) is 19.3 Å². The van der Waals surface area contributed by atoms with Gasteiger partial charge in [-0.3, -0.25) is 9.59 Å². The number of fused-ring (bicyclic) bond motifs is 1. The van der Waals surface area contributed by atoms with Gasteiger partial charge in [-0.2, -0.15) is 0 Å². The van der Waals surface area contributed by atoms with Crippen molar-refractivity contribution in [3.8, 4) is 0 Å².